The van der Waals surface area contributed by atoms with Gasteiger partial charge in [0.25, 0.3) is 0 Å². The summed E-state index contributed by atoms with van der Waals surface area (Å²) in [5, 5.41) is 7.42. The average molecular weight is 211 g/mol. The molecule has 0 amide bonds. The van der Waals surface area contributed by atoms with Crippen molar-refractivity contribution in [3.8, 4) is 0 Å². The maximum absolute atomic E-state index is 5.38. The predicted molar refractivity (Wildman–Crippen MR) is 60.7 cm³/mol. The van der Waals surface area contributed by atoms with Gasteiger partial charge in [0.05, 0.1) is 11.3 Å². The van der Waals surface area contributed by atoms with Crippen LogP contribution in [0.15, 0.2) is 12.3 Å². The quantitative estimate of drug-likeness (QED) is 0.773. The van der Waals surface area contributed by atoms with Crippen LogP contribution in [0.4, 0.5) is 0 Å². The number of hydrogen-bond acceptors (Lipinski definition) is 3. The zero-order valence-corrected chi connectivity index (χ0v) is 10.1. The second-order valence-electron chi connectivity index (χ2n) is 4.29. The van der Waals surface area contributed by atoms with Crippen molar-refractivity contribution in [2.45, 2.75) is 39.0 Å². The molecule has 1 aromatic rings. The Bertz CT molecular complexity index is 294. The van der Waals surface area contributed by atoms with E-state index in [1.807, 2.05) is 24.0 Å². The summed E-state index contributed by atoms with van der Waals surface area (Å²) in [6.07, 6.45) is 2.80. The fourth-order valence-electron chi connectivity index (χ4n) is 1.37. The molecule has 1 heterocycles. The zero-order valence-electron chi connectivity index (χ0n) is 10.1. The summed E-state index contributed by atoms with van der Waals surface area (Å²) >= 11 is 0. The summed E-state index contributed by atoms with van der Waals surface area (Å²) in [4.78, 5) is 0. The van der Waals surface area contributed by atoms with Gasteiger partial charge < -0.3 is 10.1 Å². The molecule has 86 valence electrons. The van der Waals surface area contributed by atoms with E-state index in [1.54, 1.807) is 7.11 Å². The van der Waals surface area contributed by atoms with Crippen molar-refractivity contribution < 1.29 is 4.74 Å². The van der Waals surface area contributed by atoms with E-state index in [0.717, 1.165) is 19.5 Å². The first-order chi connectivity index (χ1) is 7.09. The van der Waals surface area contributed by atoms with E-state index >= 15 is 0 Å². The fourth-order valence-corrected chi connectivity index (χ4v) is 1.37. The standard InChI is InChI=1S/C11H21N3O/c1-11(2,15-4)6-8-14-10(9-12-3)5-7-13-14/h5,7,12H,6,8-9H2,1-4H3. The van der Waals surface area contributed by atoms with Gasteiger partial charge in [-0.25, -0.2) is 0 Å². The Balaban J connectivity index is 2.53. The highest BCUT2D eigenvalue weighted by Crippen LogP contribution is 2.14. The molecule has 0 bridgehead atoms. The van der Waals surface area contributed by atoms with Crippen LogP contribution in [0.1, 0.15) is 26.0 Å². The number of rotatable bonds is 6. The third kappa shape index (κ3) is 3.64. The normalized spacial score (nSPS) is 12.0. The summed E-state index contributed by atoms with van der Waals surface area (Å²) < 4.78 is 7.40. The fraction of sp³-hybridized carbons (Fsp3) is 0.727. The van der Waals surface area contributed by atoms with E-state index in [9.17, 15) is 0 Å². The number of nitrogens with one attached hydrogen (secondary N) is 1. The number of methoxy groups -OCH3 is 1. The first-order valence-corrected chi connectivity index (χ1v) is 5.29. The van der Waals surface area contributed by atoms with Crippen LogP contribution in [0.3, 0.4) is 0 Å². The molecule has 4 heteroatoms. The molecule has 0 aromatic carbocycles. The number of ether oxygens (including phenoxy) is 1. The van der Waals surface area contributed by atoms with Gasteiger partial charge in [0.2, 0.25) is 0 Å². The third-order valence-corrected chi connectivity index (χ3v) is 2.64. The molecule has 0 saturated carbocycles. The Morgan fingerprint density at radius 3 is 2.87 bits per heavy atom. The van der Waals surface area contributed by atoms with Crippen LogP contribution in [0.5, 0.6) is 0 Å². The molecule has 0 radical (unpaired) electrons. The lowest BCUT2D eigenvalue weighted by molar-refractivity contribution is 0.0111. The van der Waals surface area contributed by atoms with Gasteiger partial charge in [0.1, 0.15) is 0 Å². The molecule has 1 rings (SSSR count). The predicted octanol–water partition coefficient (Wildman–Crippen LogP) is 1.42. The maximum Gasteiger partial charge on any atom is 0.0640 e. The van der Waals surface area contributed by atoms with E-state index in [2.05, 4.69) is 24.3 Å². The third-order valence-electron chi connectivity index (χ3n) is 2.64. The molecule has 0 unspecified atom stereocenters. The molecule has 0 saturated heterocycles. The Morgan fingerprint density at radius 1 is 1.53 bits per heavy atom. The van der Waals surface area contributed by atoms with E-state index in [4.69, 9.17) is 4.74 Å². The lowest BCUT2D eigenvalue weighted by atomic mass is 10.1. The van der Waals surface area contributed by atoms with Gasteiger partial charge in [0.15, 0.2) is 0 Å². The van der Waals surface area contributed by atoms with Gasteiger partial charge in [-0.1, -0.05) is 0 Å². The van der Waals surface area contributed by atoms with Crippen LogP contribution in [0, 0.1) is 0 Å². The van der Waals surface area contributed by atoms with Crippen LogP contribution in [0.2, 0.25) is 0 Å². The molecular formula is C11H21N3O. The summed E-state index contributed by atoms with van der Waals surface area (Å²) in [7, 11) is 3.69. The van der Waals surface area contributed by atoms with Crippen LogP contribution in [-0.4, -0.2) is 29.5 Å². The van der Waals surface area contributed by atoms with Crippen LogP contribution >= 0.6 is 0 Å². The van der Waals surface area contributed by atoms with Crippen molar-refractivity contribution in [1.29, 1.82) is 0 Å². The van der Waals surface area contributed by atoms with Gasteiger partial charge >= 0.3 is 0 Å². The molecule has 0 spiro atoms. The highest BCUT2D eigenvalue weighted by molar-refractivity contribution is 4.99. The van der Waals surface area contributed by atoms with Crippen molar-refractivity contribution in [1.82, 2.24) is 15.1 Å². The molecule has 15 heavy (non-hydrogen) atoms. The van der Waals surface area contributed by atoms with E-state index in [1.165, 1.54) is 5.69 Å². The van der Waals surface area contributed by atoms with Crippen LogP contribution in [-0.2, 0) is 17.8 Å². The number of hydrogen-bond donors (Lipinski definition) is 1. The Morgan fingerprint density at radius 2 is 2.27 bits per heavy atom. The Kier molecular flexibility index (Phi) is 4.29. The van der Waals surface area contributed by atoms with Gasteiger partial charge in [-0.3, -0.25) is 4.68 Å². The SMILES string of the molecule is CNCc1ccnn1CCC(C)(C)OC. The van der Waals surface area contributed by atoms with Crippen molar-refractivity contribution in [2.24, 2.45) is 0 Å². The first-order valence-electron chi connectivity index (χ1n) is 5.29. The van der Waals surface area contributed by atoms with E-state index in [-0.39, 0.29) is 5.60 Å². The van der Waals surface area contributed by atoms with Gasteiger partial charge in [-0.05, 0) is 33.4 Å². The summed E-state index contributed by atoms with van der Waals surface area (Å²) in [5.74, 6) is 0. The largest absolute Gasteiger partial charge is 0.379 e. The monoisotopic (exact) mass is 211 g/mol. The van der Waals surface area contributed by atoms with Gasteiger partial charge in [-0.2, -0.15) is 5.10 Å². The highest BCUT2D eigenvalue weighted by atomic mass is 16.5. The second kappa shape index (κ2) is 5.28. The van der Waals surface area contributed by atoms with Crippen molar-refractivity contribution in [2.75, 3.05) is 14.2 Å². The van der Waals surface area contributed by atoms with Gasteiger partial charge in [-0.15, -0.1) is 0 Å². The molecule has 0 aliphatic heterocycles. The molecule has 1 N–H and O–H groups in total. The van der Waals surface area contributed by atoms with Crippen LogP contribution < -0.4 is 5.32 Å². The van der Waals surface area contributed by atoms with Crippen molar-refractivity contribution in [3.63, 3.8) is 0 Å². The Hall–Kier alpha value is -0.870. The lowest BCUT2D eigenvalue weighted by Crippen LogP contribution is -2.25. The van der Waals surface area contributed by atoms with Crippen molar-refractivity contribution in [3.05, 3.63) is 18.0 Å². The smallest absolute Gasteiger partial charge is 0.0640 e. The first kappa shape index (κ1) is 12.2. The molecule has 0 fully saturated rings. The molecular weight excluding hydrogens is 190 g/mol. The van der Waals surface area contributed by atoms with Crippen molar-refractivity contribution >= 4 is 0 Å². The Labute approximate surface area is 91.6 Å². The highest BCUT2D eigenvalue weighted by Gasteiger charge is 2.16. The summed E-state index contributed by atoms with van der Waals surface area (Å²) in [5.41, 5.74) is 1.13. The molecule has 0 atom stereocenters. The maximum atomic E-state index is 5.38. The average Bonchev–Trinajstić information content (AvgIpc) is 2.64. The lowest BCUT2D eigenvalue weighted by Gasteiger charge is -2.23. The second-order valence-corrected chi connectivity index (χ2v) is 4.29. The zero-order chi connectivity index (χ0) is 11.3. The topological polar surface area (TPSA) is 39.1 Å². The van der Waals surface area contributed by atoms with E-state index < -0.39 is 0 Å². The summed E-state index contributed by atoms with van der Waals surface area (Å²) in [6.45, 7) is 5.93. The minimum absolute atomic E-state index is 0.0805. The number of aromatic nitrogens is 2. The summed E-state index contributed by atoms with van der Waals surface area (Å²) in [6, 6.07) is 2.04. The minimum Gasteiger partial charge on any atom is -0.379 e. The van der Waals surface area contributed by atoms with E-state index in [0.29, 0.717) is 0 Å². The molecule has 4 nitrogen and oxygen atoms in total. The minimum atomic E-state index is -0.0805. The van der Waals surface area contributed by atoms with Gasteiger partial charge in [0, 0.05) is 26.4 Å². The van der Waals surface area contributed by atoms with Crippen LogP contribution in [0.25, 0.3) is 0 Å². The molecule has 0 aliphatic rings. The number of aryl methyl sites for hydroxylation is 1. The number of nitrogens with zero attached hydrogens (tertiary/aromatic N) is 2. The molecule has 0 aliphatic carbocycles. The molecule has 1 aromatic heterocycles.